The van der Waals surface area contributed by atoms with Crippen molar-refractivity contribution in [3.63, 3.8) is 0 Å². The second-order valence-electron chi connectivity index (χ2n) is 6.48. The van der Waals surface area contributed by atoms with Gasteiger partial charge in [-0.1, -0.05) is 15.9 Å². The van der Waals surface area contributed by atoms with Crippen LogP contribution in [-0.2, 0) is 4.74 Å². The van der Waals surface area contributed by atoms with E-state index in [2.05, 4.69) is 60.7 Å². The van der Waals surface area contributed by atoms with E-state index < -0.39 is 0 Å². The smallest absolute Gasteiger partial charge is 0.191 e. The molecule has 2 saturated heterocycles. The largest absolute Gasteiger partial charge is 0.378 e. The van der Waals surface area contributed by atoms with Crippen LogP contribution in [0.3, 0.4) is 0 Å². The Kier molecular flexibility index (Phi) is 6.37. The summed E-state index contributed by atoms with van der Waals surface area (Å²) in [5, 5.41) is 6.97. The van der Waals surface area contributed by atoms with Gasteiger partial charge in [-0.25, -0.2) is 0 Å². The van der Waals surface area contributed by atoms with Crippen molar-refractivity contribution in [2.24, 2.45) is 4.99 Å². The SMILES string of the molecule is CN=C(NCCC1CCCO1)NC1CCN(c2ccc(Br)cc2)C1. The van der Waals surface area contributed by atoms with Crippen LogP contribution in [0.5, 0.6) is 0 Å². The minimum atomic E-state index is 0.426. The molecule has 0 aliphatic carbocycles. The lowest BCUT2D eigenvalue weighted by Crippen LogP contribution is -2.45. The average molecular weight is 395 g/mol. The van der Waals surface area contributed by atoms with Crippen LogP contribution in [0.4, 0.5) is 5.69 Å². The van der Waals surface area contributed by atoms with Gasteiger partial charge in [0.2, 0.25) is 0 Å². The molecule has 2 aliphatic rings. The number of hydrogen-bond donors (Lipinski definition) is 2. The standard InChI is InChI=1S/C18H27BrN4O/c1-20-18(21-10-8-17-3-2-12-24-17)22-15-9-11-23(13-15)16-6-4-14(19)5-7-16/h4-7,15,17H,2-3,8-13H2,1H3,(H2,20,21,22). The molecule has 0 aromatic heterocycles. The Labute approximate surface area is 153 Å². The molecule has 132 valence electrons. The number of rotatable bonds is 5. The molecule has 1 aromatic carbocycles. The normalized spacial score (nSPS) is 24.4. The average Bonchev–Trinajstić information content (AvgIpc) is 3.26. The van der Waals surface area contributed by atoms with E-state index >= 15 is 0 Å². The highest BCUT2D eigenvalue weighted by atomic mass is 79.9. The Balaban J connectivity index is 1.42. The maximum atomic E-state index is 5.66. The van der Waals surface area contributed by atoms with Crippen LogP contribution in [0.1, 0.15) is 25.7 Å². The zero-order chi connectivity index (χ0) is 16.8. The first-order valence-corrected chi connectivity index (χ1v) is 9.63. The number of nitrogens with one attached hydrogen (secondary N) is 2. The van der Waals surface area contributed by atoms with E-state index in [0.29, 0.717) is 12.1 Å². The fourth-order valence-corrected chi connectivity index (χ4v) is 3.64. The summed E-state index contributed by atoms with van der Waals surface area (Å²) in [7, 11) is 1.84. The van der Waals surface area contributed by atoms with Crippen molar-refractivity contribution in [3.8, 4) is 0 Å². The zero-order valence-corrected chi connectivity index (χ0v) is 15.9. The Bertz CT molecular complexity index is 542. The van der Waals surface area contributed by atoms with Gasteiger partial charge in [-0.2, -0.15) is 0 Å². The first-order chi connectivity index (χ1) is 11.7. The van der Waals surface area contributed by atoms with Crippen molar-refractivity contribution in [2.45, 2.75) is 37.8 Å². The van der Waals surface area contributed by atoms with E-state index in [4.69, 9.17) is 4.74 Å². The minimum Gasteiger partial charge on any atom is -0.378 e. The number of ether oxygens (including phenoxy) is 1. The van der Waals surface area contributed by atoms with E-state index in [0.717, 1.165) is 49.5 Å². The summed E-state index contributed by atoms with van der Waals surface area (Å²) < 4.78 is 6.78. The zero-order valence-electron chi connectivity index (χ0n) is 14.3. The van der Waals surface area contributed by atoms with E-state index in [1.165, 1.54) is 18.5 Å². The lowest BCUT2D eigenvalue weighted by Gasteiger charge is -2.21. The second kappa shape index (κ2) is 8.72. The monoisotopic (exact) mass is 394 g/mol. The number of halogens is 1. The molecular weight excluding hydrogens is 368 g/mol. The molecule has 0 spiro atoms. The molecule has 2 unspecified atom stereocenters. The van der Waals surface area contributed by atoms with Crippen molar-refractivity contribution in [3.05, 3.63) is 28.7 Å². The van der Waals surface area contributed by atoms with Gasteiger partial charge >= 0.3 is 0 Å². The molecule has 6 heteroatoms. The number of hydrogen-bond acceptors (Lipinski definition) is 3. The van der Waals surface area contributed by atoms with Crippen molar-refractivity contribution in [1.82, 2.24) is 10.6 Å². The first kappa shape index (κ1) is 17.5. The molecule has 2 N–H and O–H groups in total. The Morgan fingerprint density at radius 2 is 2.17 bits per heavy atom. The predicted molar refractivity (Wildman–Crippen MR) is 103 cm³/mol. The molecule has 1 aromatic rings. The van der Waals surface area contributed by atoms with Gasteiger partial charge in [0.15, 0.2) is 5.96 Å². The van der Waals surface area contributed by atoms with Gasteiger partial charge < -0.3 is 20.3 Å². The maximum absolute atomic E-state index is 5.66. The highest BCUT2D eigenvalue weighted by Crippen LogP contribution is 2.22. The van der Waals surface area contributed by atoms with Crippen LogP contribution in [0, 0.1) is 0 Å². The molecule has 2 aliphatic heterocycles. The predicted octanol–water partition coefficient (Wildman–Crippen LogP) is 2.76. The molecule has 24 heavy (non-hydrogen) atoms. The molecular formula is C18H27BrN4O. The van der Waals surface area contributed by atoms with Gasteiger partial charge in [-0.05, 0) is 49.9 Å². The highest BCUT2D eigenvalue weighted by Gasteiger charge is 2.23. The molecule has 2 fully saturated rings. The van der Waals surface area contributed by atoms with Gasteiger partial charge in [0, 0.05) is 49.5 Å². The van der Waals surface area contributed by atoms with Gasteiger partial charge in [0.05, 0.1) is 6.10 Å². The van der Waals surface area contributed by atoms with E-state index in [-0.39, 0.29) is 0 Å². The summed E-state index contributed by atoms with van der Waals surface area (Å²) in [6, 6.07) is 8.97. The molecule has 3 rings (SSSR count). The summed E-state index contributed by atoms with van der Waals surface area (Å²) in [6.07, 6.45) is 5.00. The topological polar surface area (TPSA) is 48.9 Å². The van der Waals surface area contributed by atoms with Crippen molar-refractivity contribution in [1.29, 1.82) is 0 Å². The van der Waals surface area contributed by atoms with Crippen molar-refractivity contribution in [2.75, 3.05) is 38.2 Å². The van der Waals surface area contributed by atoms with Crippen molar-refractivity contribution < 1.29 is 4.74 Å². The minimum absolute atomic E-state index is 0.426. The number of anilines is 1. The Hall–Kier alpha value is -1.27. The molecule has 2 heterocycles. The summed E-state index contributed by atoms with van der Waals surface area (Å²) in [5.74, 6) is 0.899. The van der Waals surface area contributed by atoms with Crippen LogP contribution >= 0.6 is 15.9 Å². The third-order valence-electron chi connectivity index (χ3n) is 4.73. The van der Waals surface area contributed by atoms with Crippen LogP contribution in [0.15, 0.2) is 33.7 Å². The lowest BCUT2D eigenvalue weighted by molar-refractivity contribution is 0.105. The number of guanidine groups is 1. The quantitative estimate of drug-likeness (QED) is 0.595. The fraction of sp³-hybridized carbons (Fsp3) is 0.611. The molecule has 0 saturated carbocycles. The van der Waals surface area contributed by atoms with Gasteiger partial charge in [-0.15, -0.1) is 0 Å². The van der Waals surface area contributed by atoms with Gasteiger partial charge in [-0.3, -0.25) is 4.99 Å². The Morgan fingerprint density at radius 1 is 1.33 bits per heavy atom. The van der Waals surface area contributed by atoms with E-state index in [1.54, 1.807) is 0 Å². The van der Waals surface area contributed by atoms with E-state index in [9.17, 15) is 0 Å². The number of benzene rings is 1. The van der Waals surface area contributed by atoms with Crippen molar-refractivity contribution >= 4 is 27.6 Å². The number of nitrogens with zero attached hydrogens (tertiary/aromatic N) is 2. The molecule has 0 radical (unpaired) electrons. The Morgan fingerprint density at radius 3 is 2.88 bits per heavy atom. The summed E-state index contributed by atoms with van der Waals surface area (Å²) in [4.78, 5) is 6.77. The van der Waals surface area contributed by atoms with E-state index in [1.807, 2.05) is 7.05 Å². The summed E-state index contributed by atoms with van der Waals surface area (Å²) in [5.41, 5.74) is 1.28. The summed E-state index contributed by atoms with van der Waals surface area (Å²) in [6.45, 7) is 3.92. The third-order valence-corrected chi connectivity index (χ3v) is 5.26. The second-order valence-corrected chi connectivity index (χ2v) is 7.39. The number of aliphatic imine (C=N–C) groups is 1. The third kappa shape index (κ3) is 4.86. The van der Waals surface area contributed by atoms with Gasteiger partial charge in [0.25, 0.3) is 0 Å². The van der Waals surface area contributed by atoms with Crippen LogP contribution in [0.2, 0.25) is 0 Å². The molecule has 0 bridgehead atoms. The molecule has 5 nitrogen and oxygen atoms in total. The van der Waals surface area contributed by atoms with Crippen LogP contribution in [-0.4, -0.2) is 51.4 Å². The van der Waals surface area contributed by atoms with Crippen LogP contribution < -0.4 is 15.5 Å². The first-order valence-electron chi connectivity index (χ1n) is 8.84. The lowest BCUT2D eigenvalue weighted by atomic mass is 10.2. The van der Waals surface area contributed by atoms with Gasteiger partial charge in [0.1, 0.15) is 0 Å². The van der Waals surface area contributed by atoms with Crippen LogP contribution in [0.25, 0.3) is 0 Å². The maximum Gasteiger partial charge on any atom is 0.191 e. The fourth-order valence-electron chi connectivity index (χ4n) is 3.38. The molecule has 2 atom stereocenters. The highest BCUT2D eigenvalue weighted by molar-refractivity contribution is 9.10. The molecule has 0 amide bonds. The summed E-state index contributed by atoms with van der Waals surface area (Å²) >= 11 is 3.49.